The van der Waals surface area contributed by atoms with Crippen LogP contribution < -0.4 is 10.1 Å². The summed E-state index contributed by atoms with van der Waals surface area (Å²) >= 11 is 0. The molecule has 3 nitrogen and oxygen atoms in total. The van der Waals surface area contributed by atoms with Crippen LogP contribution in [0.2, 0.25) is 0 Å². The van der Waals surface area contributed by atoms with Gasteiger partial charge in [-0.1, -0.05) is 32.9 Å². The van der Waals surface area contributed by atoms with E-state index < -0.39 is 0 Å². The lowest BCUT2D eigenvalue weighted by atomic mass is 9.84. The van der Waals surface area contributed by atoms with Gasteiger partial charge in [-0.2, -0.15) is 0 Å². The van der Waals surface area contributed by atoms with Gasteiger partial charge in [0.05, 0.1) is 7.11 Å². The molecule has 1 fully saturated rings. The second-order valence-electron chi connectivity index (χ2n) is 6.49. The Balaban J connectivity index is 2.19. The van der Waals surface area contributed by atoms with Crippen LogP contribution in [-0.4, -0.2) is 37.7 Å². The van der Waals surface area contributed by atoms with Gasteiger partial charge in [-0.05, 0) is 11.5 Å². The van der Waals surface area contributed by atoms with Crippen LogP contribution in [0.15, 0.2) is 18.2 Å². The second kappa shape index (κ2) is 6.10. The number of hydrogen-bond acceptors (Lipinski definition) is 3. The molecule has 1 aromatic rings. The van der Waals surface area contributed by atoms with E-state index in [-0.39, 0.29) is 11.2 Å². The quantitative estimate of drug-likeness (QED) is 0.921. The van der Waals surface area contributed by atoms with Gasteiger partial charge < -0.3 is 10.1 Å². The molecule has 0 spiro atoms. The molecule has 112 valence electrons. The van der Waals surface area contributed by atoms with Crippen molar-refractivity contribution in [1.82, 2.24) is 10.2 Å². The minimum Gasteiger partial charge on any atom is -0.494 e. The van der Waals surface area contributed by atoms with Crippen molar-refractivity contribution < 1.29 is 9.13 Å². The molecule has 1 aliphatic rings. The van der Waals surface area contributed by atoms with E-state index >= 15 is 0 Å². The molecule has 2 rings (SSSR count). The first kappa shape index (κ1) is 15.3. The van der Waals surface area contributed by atoms with Crippen LogP contribution in [0, 0.1) is 11.2 Å². The fraction of sp³-hybridized carbons (Fsp3) is 0.625. The molecule has 1 atom stereocenters. The normalized spacial score (nSPS) is 20.9. The number of methoxy groups -OCH3 is 1. The number of rotatable bonds is 3. The molecular formula is C16H25FN2O. The molecule has 1 aliphatic heterocycles. The molecule has 1 saturated heterocycles. The summed E-state index contributed by atoms with van der Waals surface area (Å²) in [6, 6.07) is 5.77. The highest BCUT2D eigenvalue weighted by Crippen LogP contribution is 2.28. The third-order valence-corrected chi connectivity index (χ3v) is 3.99. The zero-order valence-electron chi connectivity index (χ0n) is 12.9. The number of nitrogens with one attached hydrogen (secondary N) is 1. The first-order valence-corrected chi connectivity index (χ1v) is 7.19. The molecule has 0 amide bonds. The van der Waals surface area contributed by atoms with E-state index in [1.165, 1.54) is 7.11 Å². The summed E-state index contributed by atoms with van der Waals surface area (Å²) in [4.78, 5) is 2.37. The molecule has 1 unspecified atom stereocenters. The molecule has 1 aromatic carbocycles. The van der Waals surface area contributed by atoms with Crippen molar-refractivity contribution in [3.8, 4) is 5.75 Å². The fourth-order valence-electron chi connectivity index (χ4n) is 2.84. The summed E-state index contributed by atoms with van der Waals surface area (Å²) in [7, 11) is 1.50. The van der Waals surface area contributed by atoms with Gasteiger partial charge in [0.15, 0.2) is 11.6 Å². The van der Waals surface area contributed by atoms with Crippen LogP contribution in [0.4, 0.5) is 4.39 Å². The van der Waals surface area contributed by atoms with Gasteiger partial charge >= 0.3 is 0 Å². The van der Waals surface area contributed by atoms with E-state index in [1.807, 2.05) is 12.1 Å². The lowest BCUT2D eigenvalue weighted by Gasteiger charge is -2.43. The molecule has 0 aliphatic carbocycles. The van der Waals surface area contributed by atoms with Crippen molar-refractivity contribution in [3.63, 3.8) is 0 Å². The molecule has 0 saturated carbocycles. The Morgan fingerprint density at radius 2 is 2.15 bits per heavy atom. The predicted molar refractivity (Wildman–Crippen MR) is 79.5 cm³/mol. The van der Waals surface area contributed by atoms with Crippen LogP contribution in [0.25, 0.3) is 0 Å². The molecular weight excluding hydrogens is 255 g/mol. The molecule has 20 heavy (non-hydrogen) atoms. The van der Waals surface area contributed by atoms with E-state index in [9.17, 15) is 4.39 Å². The second-order valence-corrected chi connectivity index (χ2v) is 6.49. The minimum atomic E-state index is -0.235. The lowest BCUT2D eigenvalue weighted by Crippen LogP contribution is -2.56. The van der Waals surface area contributed by atoms with Crippen molar-refractivity contribution in [2.75, 3.05) is 26.7 Å². The first-order chi connectivity index (χ1) is 9.43. The fourth-order valence-corrected chi connectivity index (χ4v) is 2.84. The summed E-state index contributed by atoms with van der Waals surface area (Å²) in [5, 5.41) is 3.43. The van der Waals surface area contributed by atoms with Crippen molar-refractivity contribution in [2.45, 2.75) is 33.4 Å². The Kier molecular flexibility index (Phi) is 4.66. The zero-order chi connectivity index (χ0) is 14.8. The van der Waals surface area contributed by atoms with Crippen LogP contribution >= 0.6 is 0 Å². The van der Waals surface area contributed by atoms with Crippen molar-refractivity contribution >= 4 is 0 Å². The van der Waals surface area contributed by atoms with Gasteiger partial charge in [0.2, 0.25) is 0 Å². The largest absolute Gasteiger partial charge is 0.494 e. The standard InChI is InChI=1S/C16H25FN2O/c1-16(2,3)14-10-18-8-9-19(14)11-12-6-5-7-13(20-4)15(12)17/h5-7,14,18H,8-11H2,1-4H3. The maximum Gasteiger partial charge on any atom is 0.169 e. The Labute approximate surface area is 121 Å². The highest BCUT2D eigenvalue weighted by Gasteiger charge is 2.32. The van der Waals surface area contributed by atoms with E-state index in [2.05, 4.69) is 31.0 Å². The molecule has 0 bridgehead atoms. The molecule has 0 aromatic heterocycles. The predicted octanol–water partition coefficient (Wildman–Crippen LogP) is 2.65. The summed E-state index contributed by atoms with van der Waals surface area (Å²) < 4.78 is 19.3. The Bertz CT molecular complexity index is 456. The Morgan fingerprint density at radius 1 is 1.40 bits per heavy atom. The summed E-state index contributed by atoms with van der Waals surface area (Å²) in [6.07, 6.45) is 0. The van der Waals surface area contributed by atoms with Crippen molar-refractivity contribution in [1.29, 1.82) is 0 Å². The molecule has 4 heteroatoms. The Hall–Kier alpha value is -1.13. The SMILES string of the molecule is COc1cccc(CN2CCNCC2C(C)(C)C)c1F. The molecule has 1 heterocycles. The third kappa shape index (κ3) is 3.30. The van der Waals surface area contributed by atoms with E-state index in [0.29, 0.717) is 23.9 Å². The van der Waals surface area contributed by atoms with E-state index in [0.717, 1.165) is 19.6 Å². The van der Waals surface area contributed by atoms with Crippen LogP contribution in [-0.2, 0) is 6.54 Å². The monoisotopic (exact) mass is 280 g/mol. The number of nitrogens with zero attached hydrogens (tertiary/aromatic N) is 1. The summed E-state index contributed by atoms with van der Waals surface area (Å²) in [6.45, 7) is 10.2. The average Bonchev–Trinajstić information content (AvgIpc) is 2.40. The maximum atomic E-state index is 14.3. The van der Waals surface area contributed by atoms with Gasteiger partial charge in [0, 0.05) is 37.8 Å². The number of hydrogen-bond donors (Lipinski definition) is 1. The number of ether oxygens (including phenoxy) is 1. The molecule has 1 N–H and O–H groups in total. The summed E-state index contributed by atoms with van der Waals surface area (Å²) in [5.74, 6) is 0.0890. The van der Waals surface area contributed by atoms with Gasteiger partial charge in [-0.3, -0.25) is 4.90 Å². The third-order valence-electron chi connectivity index (χ3n) is 3.99. The van der Waals surface area contributed by atoms with Crippen molar-refractivity contribution in [2.24, 2.45) is 5.41 Å². The zero-order valence-corrected chi connectivity index (χ0v) is 12.9. The highest BCUT2D eigenvalue weighted by atomic mass is 19.1. The molecule has 0 radical (unpaired) electrons. The van der Waals surface area contributed by atoms with Gasteiger partial charge in [-0.25, -0.2) is 4.39 Å². The average molecular weight is 280 g/mol. The topological polar surface area (TPSA) is 24.5 Å². The first-order valence-electron chi connectivity index (χ1n) is 7.19. The van der Waals surface area contributed by atoms with Crippen LogP contribution in [0.3, 0.4) is 0 Å². The van der Waals surface area contributed by atoms with Crippen LogP contribution in [0.5, 0.6) is 5.75 Å². The minimum absolute atomic E-state index is 0.169. The van der Waals surface area contributed by atoms with Gasteiger partial charge in [0.25, 0.3) is 0 Å². The van der Waals surface area contributed by atoms with E-state index in [4.69, 9.17) is 4.74 Å². The number of halogens is 1. The van der Waals surface area contributed by atoms with Crippen LogP contribution in [0.1, 0.15) is 26.3 Å². The number of benzene rings is 1. The number of piperazine rings is 1. The van der Waals surface area contributed by atoms with Gasteiger partial charge in [0.1, 0.15) is 0 Å². The Morgan fingerprint density at radius 3 is 2.80 bits per heavy atom. The maximum absolute atomic E-state index is 14.3. The summed E-state index contributed by atoms with van der Waals surface area (Å²) in [5.41, 5.74) is 0.878. The smallest absolute Gasteiger partial charge is 0.169 e. The van der Waals surface area contributed by atoms with E-state index in [1.54, 1.807) is 6.07 Å². The highest BCUT2D eigenvalue weighted by molar-refractivity contribution is 5.31. The van der Waals surface area contributed by atoms with Gasteiger partial charge in [-0.15, -0.1) is 0 Å². The van der Waals surface area contributed by atoms with Crippen molar-refractivity contribution in [3.05, 3.63) is 29.6 Å². The lowest BCUT2D eigenvalue weighted by molar-refractivity contribution is 0.0678.